The van der Waals surface area contributed by atoms with Gasteiger partial charge >= 0.3 is 6.09 Å². The van der Waals surface area contributed by atoms with Crippen molar-refractivity contribution >= 4 is 40.9 Å². The highest BCUT2D eigenvalue weighted by molar-refractivity contribution is 6.31. The van der Waals surface area contributed by atoms with E-state index in [1.54, 1.807) is 0 Å². The maximum atomic E-state index is 15.7. The van der Waals surface area contributed by atoms with E-state index >= 15 is 8.78 Å². The first-order valence-corrected chi connectivity index (χ1v) is 13.5. The van der Waals surface area contributed by atoms with Crippen LogP contribution in [0.4, 0.5) is 19.3 Å². The predicted molar refractivity (Wildman–Crippen MR) is 153 cm³/mol. The SMILES string of the molecule is CC(C)(C)C[C@@H]1N[C@H](OC(=O)Nc2cccc(C(N)=O)c2)[C@H](c2cccc(Cl)c2F)[C@@]1(C#N)c1ccc(Cl)cc1F. The highest BCUT2D eigenvalue weighted by atomic mass is 35.5. The molecular formula is C30H28Cl2F2N4O3. The third-order valence-corrected chi connectivity index (χ3v) is 7.56. The second-order valence-corrected chi connectivity index (χ2v) is 11.9. The van der Waals surface area contributed by atoms with E-state index in [1.807, 2.05) is 20.8 Å². The monoisotopic (exact) mass is 600 g/mol. The van der Waals surface area contributed by atoms with Crippen LogP contribution >= 0.6 is 23.2 Å². The molecule has 0 radical (unpaired) electrons. The van der Waals surface area contributed by atoms with Gasteiger partial charge in [-0.2, -0.15) is 5.26 Å². The topological polar surface area (TPSA) is 117 Å². The van der Waals surface area contributed by atoms with Crippen molar-refractivity contribution in [3.8, 4) is 6.07 Å². The van der Waals surface area contributed by atoms with Gasteiger partial charge in [-0.3, -0.25) is 15.4 Å². The Morgan fingerprint density at radius 3 is 2.46 bits per heavy atom. The van der Waals surface area contributed by atoms with Gasteiger partial charge in [0.15, 0.2) is 6.23 Å². The fourth-order valence-electron chi connectivity index (χ4n) is 5.39. The number of hydrogen-bond donors (Lipinski definition) is 3. The zero-order chi connectivity index (χ0) is 30.1. The summed E-state index contributed by atoms with van der Waals surface area (Å²) in [6, 6.07) is 15.6. The summed E-state index contributed by atoms with van der Waals surface area (Å²) >= 11 is 12.2. The Balaban J connectivity index is 1.86. The van der Waals surface area contributed by atoms with Crippen molar-refractivity contribution in [2.45, 2.75) is 50.8 Å². The zero-order valence-corrected chi connectivity index (χ0v) is 24.0. The zero-order valence-electron chi connectivity index (χ0n) is 22.5. The lowest BCUT2D eigenvalue weighted by Gasteiger charge is -2.37. The first kappa shape index (κ1) is 30.3. The number of carbonyl (C=O) groups is 2. The lowest BCUT2D eigenvalue weighted by atomic mass is 9.63. The molecule has 4 atom stereocenters. The van der Waals surface area contributed by atoms with Gasteiger partial charge in [0.2, 0.25) is 5.91 Å². The molecule has 0 unspecified atom stereocenters. The number of anilines is 1. The van der Waals surface area contributed by atoms with Crippen LogP contribution in [-0.2, 0) is 10.2 Å². The molecule has 0 aliphatic carbocycles. The third kappa shape index (κ3) is 6.15. The number of carbonyl (C=O) groups excluding carboxylic acids is 2. The Labute approximate surface area is 246 Å². The molecule has 2 amide bonds. The van der Waals surface area contributed by atoms with Crippen molar-refractivity contribution in [3.63, 3.8) is 0 Å². The number of hydrogen-bond acceptors (Lipinski definition) is 5. The number of nitrogens with two attached hydrogens (primary N) is 1. The lowest BCUT2D eigenvalue weighted by Crippen LogP contribution is -2.44. The Morgan fingerprint density at radius 1 is 1.12 bits per heavy atom. The molecule has 4 N–H and O–H groups in total. The number of rotatable bonds is 6. The van der Waals surface area contributed by atoms with Crippen LogP contribution in [0.15, 0.2) is 60.7 Å². The van der Waals surface area contributed by atoms with E-state index in [9.17, 15) is 14.9 Å². The van der Waals surface area contributed by atoms with E-state index in [0.717, 1.165) is 6.07 Å². The molecule has 0 saturated carbocycles. The number of nitrogens with zero attached hydrogens (tertiary/aromatic N) is 1. The minimum absolute atomic E-state index is 0.0313. The van der Waals surface area contributed by atoms with Gasteiger partial charge in [0.25, 0.3) is 0 Å². The van der Waals surface area contributed by atoms with Gasteiger partial charge in [0, 0.05) is 27.9 Å². The summed E-state index contributed by atoms with van der Waals surface area (Å²) in [5.41, 5.74) is 3.50. The average molecular weight is 601 g/mol. The van der Waals surface area contributed by atoms with Crippen LogP contribution in [0, 0.1) is 28.4 Å². The molecule has 7 nitrogen and oxygen atoms in total. The van der Waals surface area contributed by atoms with Crippen LogP contribution in [0.25, 0.3) is 0 Å². The molecule has 41 heavy (non-hydrogen) atoms. The third-order valence-electron chi connectivity index (χ3n) is 7.03. The van der Waals surface area contributed by atoms with Gasteiger partial charge < -0.3 is 10.5 Å². The molecule has 4 rings (SSSR count). The van der Waals surface area contributed by atoms with Gasteiger partial charge in [-0.15, -0.1) is 0 Å². The van der Waals surface area contributed by atoms with Crippen molar-refractivity contribution < 1.29 is 23.1 Å². The van der Waals surface area contributed by atoms with Crippen molar-refractivity contribution in [2.75, 3.05) is 5.32 Å². The summed E-state index contributed by atoms with van der Waals surface area (Å²) in [6.45, 7) is 5.82. The Kier molecular flexibility index (Phi) is 8.59. The molecule has 3 aromatic carbocycles. The largest absolute Gasteiger partial charge is 0.429 e. The number of nitrogens with one attached hydrogen (secondary N) is 2. The van der Waals surface area contributed by atoms with Crippen LogP contribution in [0.1, 0.15) is 54.6 Å². The number of ether oxygens (including phenoxy) is 1. The van der Waals surface area contributed by atoms with Crippen LogP contribution in [-0.4, -0.2) is 24.3 Å². The van der Waals surface area contributed by atoms with Gasteiger partial charge in [0.1, 0.15) is 17.0 Å². The molecular weight excluding hydrogens is 573 g/mol. The summed E-state index contributed by atoms with van der Waals surface area (Å²) < 4.78 is 37.1. The Bertz CT molecular complexity index is 1540. The molecule has 1 aliphatic heterocycles. The quantitative estimate of drug-likeness (QED) is 0.284. The minimum atomic E-state index is -1.76. The van der Waals surface area contributed by atoms with Crippen LogP contribution < -0.4 is 16.4 Å². The smallest absolute Gasteiger partial charge is 0.413 e. The molecule has 0 aromatic heterocycles. The van der Waals surface area contributed by atoms with Crippen molar-refractivity contribution in [1.82, 2.24) is 5.32 Å². The van der Waals surface area contributed by atoms with E-state index in [1.165, 1.54) is 54.6 Å². The number of halogens is 4. The molecule has 214 valence electrons. The van der Waals surface area contributed by atoms with E-state index in [0.29, 0.717) is 6.42 Å². The molecule has 1 heterocycles. The number of benzene rings is 3. The molecule has 0 spiro atoms. The first-order valence-electron chi connectivity index (χ1n) is 12.7. The van der Waals surface area contributed by atoms with Crippen molar-refractivity contribution in [3.05, 3.63) is 99.0 Å². The van der Waals surface area contributed by atoms with Gasteiger partial charge in [-0.25, -0.2) is 13.6 Å². The van der Waals surface area contributed by atoms with Crippen LogP contribution in [0.5, 0.6) is 0 Å². The van der Waals surface area contributed by atoms with E-state index < -0.39 is 47.2 Å². The predicted octanol–water partition coefficient (Wildman–Crippen LogP) is 6.90. The number of amides is 2. The first-order chi connectivity index (χ1) is 19.3. The van der Waals surface area contributed by atoms with Gasteiger partial charge in [-0.1, -0.05) is 68.2 Å². The molecule has 1 fully saturated rings. The molecule has 3 aromatic rings. The van der Waals surface area contributed by atoms with Crippen LogP contribution in [0.2, 0.25) is 10.0 Å². The van der Waals surface area contributed by atoms with Gasteiger partial charge in [-0.05, 0) is 53.8 Å². The van der Waals surface area contributed by atoms with E-state index in [2.05, 4.69) is 16.7 Å². The summed E-state index contributed by atoms with van der Waals surface area (Å²) in [4.78, 5) is 24.7. The Hall–Kier alpha value is -3.71. The van der Waals surface area contributed by atoms with E-state index in [-0.39, 0.29) is 37.8 Å². The van der Waals surface area contributed by atoms with Gasteiger partial charge in [0.05, 0.1) is 17.0 Å². The summed E-state index contributed by atoms with van der Waals surface area (Å²) in [6.07, 6.45) is -1.94. The highest BCUT2D eigenvalue weighted by Gasteiger charge is 2.61. The molecule has 1 saturated heterocycles. The molecule has 0 bridgehead atoms. The highest BCUT2D eigenvalue weighted by Crippen LogP contribution is 2.53. The lowest BCUT2D eigenvalue weighted by molar-refractivity contribution is 0.0850. The second-order valence-electron chi connectivity index (χ2n) is 11.1. The van der Waals surface area contributed by atoms with Crippen molar-refractivity contribution in [2.24, 2.45) is 11.1 Å². The average Bonchev–Trinajstić information content (AvgIpc) is 3.17. The summed E-state index contributed by atoms with van der Waals surface area (Å²) in [5, 5.41) is 16.5. The fraction of sp³-hybridized carbons (Fsp3) is 0.300. The molecule has 1 aliphatic rings. The number of primary amides is 1. The summed E-state index contributed by atoms with van der Waals surface area (Å²) in [7, 11) is 0. The maximum Gasteiger partial charge on any atom is 0.413 e. The minimum Gasteiger partial charge on any atom is -0.429 e. The second kappa shape index (κ2) is 11.6. The molecule has 11 heteroatoms. The Morgan fingerprint density at radius 2 is 1.83 bits per heavy atom. The maximum absolute atomic E-state index is 15.7. The standard InChI is InChI=1S/C30H28Cl2F2N4O3/c1-29(2,3)14-23-30(15-35,20-11-10-17(31)13-22(20)33)24(19-8-5-9-21(32)25(19)34)27(38-23)41-28(40)37-18-7-4-6-16(12-18)26(36)39/h4-13,23-24,27,38H,14H2,1-3H3,(H2,36,39)(H,37,40)/t23-,24-,27+,30-/m0/s1. The fourth-order valence-corrected chi connectivity index (χ4v) is 5.73. The normalized spacial score (nSPS) is 22.1. The van der Waals surface area contributed by atoms with Crippen molar-refractivity contribution in [1.29, 1.82) is 5.26 Å². The summed E-state index contributed by atoms with van der Waals surface area (Å²) in [5.74, 6) is -3.52. The van der Waals surface area contributed by atoms with E-state index in [4.69, 9.17) is 33.7 Å². The number of nitriles is 1. The van der Waals surface area contributed by atoms with Crippen LogP contribution in [0.3, 0.4) is 0 Å².